The molecule has 0 atom stereocenters. The van der Waals surface area contributed by atoms with E-state index in [9.17, 15) is 9.59 Å². The lowest BCUT2D eigenvalue weighted by molar-refractivity contribution is -0.136. The molecule has 6 nitrogen and oxygen atoms in total. The number of hydrogen-bond acceptors (Lipinski definition) is 3. The van der Waals surface area contributed by atoms with Crippen LogP contribution in [-0.4, -0.2) is 23.0 Å². The Morgan fingerprint density at radius 3 is 2.29 bits per heavy atom. The van der Waals surface area contributed by atoms with Crippen LogP contribution in [0.15, 0.2) is 59.6 Å². The van der Waals surface area contributed by atoms with Gasteiger partial charge in [0.15, 0.2) is 0 Å². The molecule has 0 radical (unpaired) electrons. The molecule has 124 valence electrons. The molecule has 0 unspecified atom stereocenters. The van der Waals surface area contributed by atoms with Crippen molar-refractivity contribution in [3.05, 3.63) is 71.3 Å². The van der Waals surface area contributed by atoms with Gasteiger partial charge < -0.3 is 15.6 Å². The number of carboxylic acid groups (broad SMARTS) is 1. The molecule has 0 aliphatic carbocycles. The minimum Gasteiger partial charge on any atom is -0.481 e. The average Bonchev–Trinajstić information content (AvgIpc) is 2.59. The Morgan fingerprint density at radius 2 is 1.67 bits per heavy atom. The summed E-state index contributed by atoms with van der Waals surface area (Å²) in [5, 5.41) is 8.66. The lowest BCUT2D eigenvalue weighted by Gasteiger charge is -2.04. The molecule has 3 N–H and O–H groups in total. The predicted octanol–water partition coefficient (Wildman–Crippen LogP) is 2.75. The fourth-order valence-corrected chi connectivity index (χ4v) is 2.01. The molecule has 1 amide bonds. The molecular formula is C18H18N2O4. The second kappa shape index (κ2) is 8.47. The number of amides is 1. The van der Waals surface area contributed by atoms with Crippen molar-refractivity contribution in [1.82, 2.24) is 0 Å². The lowest BCUT2D eigenvalue weighted by atomic mass is 10.1. The van der Waals surface area contributed by atoms with Gasteiger partial charge in [0.05, 0.1) is 0 Å². The van der Waals surface area contributed by atoms with E-state index in [1.807, 2.05) is 30.3 Å². The average molecular weight is 326 g/mol. The Bertz CT molecular complexity index is 724. The predicted molar refractivity (Wildman–Crippen MR) is 89.8 cm³/mol. The number of nitrogens with zero attached hydrogens (tertiary/aromatic N) is 1. The van der Waals surface area contributed by atoms with Crippen LogP contribution < -0.4 is 5.73 Å². The second-order valence-corrected chi connectivity index (χ2v) is 5.13. The standard InChI is InChI=1S/C18H18N2O4/c19-17(15-9-6-13(7-10-15)8-11-16(21)22)20-18(23)24-12-14-4-2-1-3-5-14/h1-7,9-10H,8,11-12H2,(H,21,22)(H2,19,20,23). The highest BCUT2D eigenvalue weighted by molar-refractivity contribution is 6.02. The highest BCUT2D eigenvalue weighted by Crippen LogP contribution is 2.08. The van der Waals surface area contributed by atoms with Gasteiger partial charge in [0.2, 0.25) is 0 Å². The number of nitrogens with two attached hydrogens (primary N) is 1. The van der Waals surface area contributed by atoms with Crippen molar-refractivity contribution in [3.8, 4) is 0 Å². The Kier molecular flexibility index (Phi) is 6.08. The molecule has 0 fully saturated rings. The molecule has 0 heterocycles. The number of carbonyl (C=O) groups excluding carboxylic acids is 1. The normalized spacial score (nSPS) is 11.1. The van der Waals surface area contributed by atoms with Gasteiger partial charge in [-0.05, 0) is 17.5 Å². The van der Waals surface area contributed by atoms with E-state index in [0.717, 1.165) is 11.1 Å². The first-order chi connectivity index (χ1) is 11.5. The van der Waals surface area contributed by atoms with Gasteiger partial charge in [-0.25, -0.2) is 4.79 Å². The van der Waals surface area contributed by atoms with Gasteiger partial charge in [-0.3, -0.25) is 4.79 Å². The monoisotopic (exact) mass is 326 g/mol. The Balaban J connectivity index is 1.91. The first-order valence-corrected chi connectivity index (χ1v) is 7.40. The van der Waals surface area contributed by atoms with E-state index in [0.29, 0.717) is 12.0 Å². The molecule has 2 aromatic carbocycles. The number of carbonyl (C=O) groups is 2. The largest absolute Gasteiger partial charge is 0.481 e. The smallest absolute Gasteiger partial charge is 0.435 e. The number of amidine groups is 1. The van der Waals surface area contributed by atoms with Gasteiger partial charge in [0, 0.05) is 12.0 Å². The summed E-state index contributed by atoms with van der Waals surface area (Å²) in [6.45, 7) is 0.130. The molecule has 2 rings (SSSR count). The van der Waals surface area contributed by atoms with Crippen molar-refractivity contribution in [2.75, 3.05) is 0 Å². The Morgan fingerprint density at radius 1 is 1.00 bits per heavy atom. The maximum Gasteiger partial charge on any atom is 0.435 e. The van der Waals surface area contributed by atoms with E-state index in [-0.39, 0.29) is 18.9 Å². The summed E-state index contributed by atoms with van der Waals surface area (Å²) in [7, 11) is 0. The van der Waals surface area contributed by atoms with Crippen LogP contribution in [0.25, 0.3) is 0 Å². The number of aliphatic imine (C=N–C) groups is 1. The summed E-state index contributed by atoms with van der Waals surface area (Å²) in [4.78, 5) is 25.9. The van der Waals surface area contributed by atoms with Crippen molar-refractivity contribution in [3.63, 3.8) is 0 Å². The van der Waals surface area contributed by atoms with Crippen LogP contribution in [0.3, 0.4) is 0 Å². The summed E-state index contributed by atoms with van der Waals surface area (Å²) in [6, 6.07) is 16.2. The third kappa shape index (κ3) is 5.57. The van der Waals surface area contributed by atoms with Gasteiger partial charge in [-0.1, -0.05) is 54.6 Å². The van der Waals surface area contributed by atoms with E-state index in [2.05, 4.69) is 4.99 Å². The quantitative estimate of drug-likeness (QED) is 0.628. The van der Waals surface area contributed by atoms with Gasteiger partial charge in [-0.15, -0.1) is 0 Å². The summed E-state index contributed by atoms with van der Waals surface area (Å²) in [5.41, 5.74) is 8.11. The van der Waals surface area contributed by atoms with Crippen LogP contribution in [0.2, 0.25) is 0 Å². The third-order valence-corrected chi connectivity index (χ3v) is 3.29. The number of carboxylic acids is 1. The Labute approximate surface area is 139 Å². The van der Waals surface area contributed by atoms with Crippen molar-refractivity contribution in [2.24, 2.45) is 10.7 Å². The summed E-state index contributed by atoms with van der Waals surface area (Å²) in [5.74, 6) is -0.792. The van der Waals surface area contributed by atoms with Crippen molar-refractivity contribution >= 4 is 17.9 Å². The number of aryl methyl sites for hydroxylation is 1. The van der Waals surface area contributed by atoms with Crippen molar-refractivity contribution < 1.29 is 19.4 Å². The Hall–Kier alpha value is -3.15. The summed E-state index contributed by atoms with van der Waals surface area (Å²) >= 11 is 0. The van der Waals surface area contributed by atoms with E-state index < -0.39 is 12.1 Å². The molecule has 0 saturated carbocycles. The second-order valence-electron chi connectivity index (χ2n) is 5.13. The van der Waals surface area contributed by atoms with Crippen LogP contribution in [0, 0.1) is 0 Å². The topological polar surface area (TPSA) is 102 Å². The molecule has 0 bridgehead atoms. The number of rotatable bonds is 6. The van der Waals surface area contributed by atoms with Crippen LogP contribution in [0.1, 0.15) is 23.1 Å². The van der Waals surface area contributed by atoms with E-state index in [1.165, 1.54) is 0 Å². The first kappa shape index (κ1) is 17.2. The molecule has 6 heteroatoms. The molecule has 24 heavy (non-hydrogen) atoms. The zero-order valence-electron chi connectivity index (χ0n) is 13.0. The zero-order chi connectivity index (χ0) is 17.4. The van der Waals surface area contributed by atoms with E-state index >= 15 is 0 Å². The fourth-order valence-electron chi connectivity index (χ4n) is 2.01. The highest BCUT2D eigenvalue weighted by atomic mass is 16.5. The number of benzene rings is 2. The maximum atomic E-state index is 11.7. The van der Waals surface area contributed by atoms with Crippen LogP contribution in [-0.2, 0) is 22.6 Å². The molecular weight excluding hydrogens is 308 g/mol. The van der Waals surface area contributed by atoms with Crippen LogP contribution >= 0.6 is 0 Å². The zero-order valence-corrected chi connectivity index (χ0v) is 13.0. The highest BCUT2D eigenvalue weighted by Gasteiger charge is 2.06. The van der Waals surface area contributed by atoms with Gasteiger partial charge >= 0.3 is 12.1 Å². The summed E-state index contributed by atoms with van der Waals surface area (Å²) < 4.78 is 5.04. The minimum absolute atomic E-state index is 0.0536. The van der Waals surface area contributed by atoms with Crippen molar-refractivity contribution in [1.29, 1.82) is 0 Å². The van der Waals surface area contributed by atoms with Crippen molar-refractivity contribution in [2.45, 2.75) is 19.4 Å². The summed E-state index contributed by atoms with van der Waals surface area (Å²) in [6.07, 6.45) is -0.258. The maximum absolute atomic E-state index is 11.7. The SMILES string of the molecule is N/C(=N/C(=O)OCc1ccccc1)c1ccc(CCC(=O)O)cc1. The van der Waals surface area contributed by atoms with Gasteiger partial charge in [0.25, 0.3) is 0 Å². The third-order valence-electron chi connectivity index (χ3n) is 3.29. The lowest BCUT2D eigenvalue weighted by Crippen LogP contribution is -2.16. The van der Waals surface area contributed by atoms with Crippen LogP contribution in [0.4, 0.5) is 4.79 Å². The van der Waals surface area contributed by atoms with E-state index in [1.54, 1.807) is 24.3 Å². The minimum atomic E-state index is -0.846. The molecule has 0 aliphatic rings. The van der Waals surface area contributed by atoms with Gasteiger partial charge in [-0.2, -0.15) is 4.99 Å². The molecule has 0 spiro atoms. The first-order valence-electron chi connectivity index (χ1n) is 7.40. The van der Waals surface area contributed by atoms with Crippen LogP contribution in [0.5, 0.6) is 0 Å². The van der Waals surface area contributed by atoms with E-state index in [4.69, 9.17) is 15.6 Å². The molecule has 0 aliphatic heterocycles. The van der Waals surface area contributed by atoms with Gasteiger partial charge in [0.1, 0.15) is 12.4 Å². The molecule has 0 saturated heterocycles. The number of hydrogen-bond donors (Lipinski definition) is 2. The number of ether oxygens (including phenoxy) is 1. The fraction of sp³-hybridized carbons (Fsp3) is 0.167. The molecule has 0 aromatic heterocycles. The molecule has 2 aromatic rings. The number of aliphatic carboxylic acids is 1.